The lowest BCUT2D eigenvalue weighted by atomic mass is 9.91. The Kier molecular flexibility index (Phi) is 4.55. The number of carbonyl (C=O) groups is 1. The first-order valence-corrected chi connectivity index (χ1v) is 7.93. The van der Waals surface area contributed by atoms with Gasteiger partial charge in [0.1, 0.15) is 0 Å². The van der Waals surface area contributed by atoms with Crippen molar-refractivity contribution < 1.29 is 4.79 Å². The minimum atomic E-state index is -0.229. The van der Waals surface area contributed by atoms with Crippen LogP contribution in [-0.4, -0.2) is 30.3 Å². The summed E-state index contributed by atoms with van der Waals surface area (Å²) in [5, 5.41) is 9.90. The highest BCUT2D eigenvalue weighted by atomic mass is 35.5. The number of carbonyl (C=O) groups excluding carboxylic acids is 1. The van der Waals surface area contributed by atoms with Crippen LogP contribution in [0.2, 0.25) is 10.0 Å². The normalized spacial score (nSPS) is 17.1. The highest BCUT2D eigenvalue weighted by molar-refractivity contribution is 6.31. The maximum absolute atomic E-state index is 11.9. The number of nitrogens with one attached hydrogen (secondary N) is 1. The third-order valence-corrected chi connectivity index (χ3v) is 4.28. The van der Waals surface area contributed by atoms with E-state index in [9.17, 15) is 4.79 Å². The smallest absolute Gasteiger partial charge is 0.337 e. The lowest BCUT2D eigenvalue weighted by Crippen LogP contribution is -2.33. The van der Waals surface area contributed by atoms with Gasteiger partial charge in [-0.25, -0.2) is 9.80 Å². The highest BCUT2D eigenvalue weighted by Gasteiger charge is 2.31. The van der Waals surface area contributed by atoms with E-state index in [-0.39, 0.29) is 11.9 Å². The first-order valence-electron chi connectivity index (χ1n) is 7.17. The van der Waals surface area contributed by atoms with Crippen LogP contribution in [0.3, 0.4) is 0 Å². The molecule has 1 heterocycles. The molecule has 0 fully saturated rings. The monoisotopic (exact) mass is 347 g/mol. The average molecular weight is 348 g/mol. The van der Waals surface area contributed by atoms with E-state index >= 15 is 0 Å². The fourth-order valence-corrected chi connectivity index (χ4v) is 2.85. The van der Waals surface area contributed by atoms with Crippen LogP contribution in [0.15, 0.2) is 53.6 Å². The van der Waals surface area contributed by atoms with E-state index in [0.717, 1.165) is 16.8 Å². The maximum atomic E-state index is 11.9. The van der Waals surface area contributed by atoms with Crippen LogP contribution >= 0.6 is 23.2 Å². The molecule has 0 saturated heterocycles. The van der Waals surface area contributed by atoms with Gasteiger partial charge in [0.25, 0.3) is 0 Å². The first kappa shape index (κ1) is 15.8. The van der Waals surface area contributed by atoms with Crippen molar-refractivity contribution in [1.82, 2.24) is 10.3 Å². The highest BCUT2D eigenvalue weighted by Crippen LogP contribution is 2.30. The molecule has 4 nitrogen and oxygen atoms in total. The zero-order chi connectivity index (χ0) is 16.4. The standard InChI is InChI=1S/C17H15Cl2N3O/c1-20-17(23)22-10-15(11-2-6-13(18)7-3-11)16(21-22)12-4-8-14(19)9-5-12/h2-9,15H,10H2,1H3,(H,20,23). The molecule has 0 bridgehead atoms. The van der Waals surface area contributed by atoms with Gasteiger partial charge in [0, 0.05) is 23.0 Å². The molecular weight excluding hydrogens is 333 g/mol. The Morgan fingerprint density at radius 2 is 1.65 bits per heavy atom. The second-order valence-corrected chi connectivity index (χ2v) is 6.11. The molecule has 0 aliphatic carbocycles. The summed E-state index contributed by atoms with van der Waals surface area (Å²) in [4.78, 5) is 11.9. The fraction of sp³-hybridized carbons (Fsp3) is 0.176. The van der Waals surface area contributed by atoms with Gasteiger partial charge in [-0.2, -0.15) is 5.10 Å². The van der Waals surface area contributed by atoms with Crippen molar-refractivity contribution in [1.29, 1.82) is 0 Å². The zero-order valence-corrected chi connectivity index (χ0v) is 14.0. The second-order valence-electron chi connectivity index (χ2n) is 5.23. The molecule has 23 heavy (non-hydrogen) atoms. The summed E-state index contributed by atoms with van der Waals surface area (Å²) in [5.41, 5.74) is 2.85. The van der Waals surface area contributed by atoms with Crippen LogP contribution in [0, 0.1) is 0 Å². The predicted molar refractivity (Wildman–Crippen MR) is 93.3 cm³/mol. The molecule has 2 aromatic carbocycles. The topological polar surface area (TPSA) is 44.7 Å². The molecule has 1 unspecified atom stereocenters. The fourth-order valence-electron chi connectivity index (χ4n) is 2.60. The predicted octanol–water partition coefficient (Wildman–Crippen LogP) is 4.14. The van der Waals surface area contributed by atoms with Crippen LogP contribution < -0.4 is 5.32 Å². The number of amides is 2. The van der Waals surface area contributed by atoms with Crippen molar-refractivity contribution in [2.24, 2.45) is 5.10 Å². The van der Waals surface area contributed by atoms with Crippen LogP contribution in [0.4, 0.5) is 4.79 Å². The Balaban J connectivity index is 2.00. The zero-order valence-electron chi connectivity index (χ0n) is 12.5. The van der Waals surface area contributed by atoms with Gasteiger partial charge in [0.2, 0.25) is 0 Å². The third kappa shape index (κ3) is 3.33. The molecule has 1 aliphatic rings. The summed E-state index contributed by atoms with van der Waals surface area (Å²) in [7, 11) is 1.59. The van der Waals surface area contributed by atoms with Crippen LogP contribution in [0.1, 0.15) is 17.0 Å². The van der Waals surface area contributed by atoms with Gasteiger partial charge >= 0.3 is 6.03 Å². The number of nitrogens with zero attached hydrogens (tertiary/aromatic N) is 2. The molecular formula is C17H15Cl2N3O. The number of rotatable bonds is 2. The van der Waals surface area contributed by atoms with Crippen LogP contribution in [0.5, 0.6) is 0 Å². The SMILES string of the molecule is CNC(=O)N1CC(c2ccc(Cl)cc2)C(c2ccc(Cl)cc2)=N1. The summed E-state index contributed by atoms with van der Waals surface area (Å²) >= 11 is 11.9. The first-order chi connectivity index (χ1) is 11.1. The van der Waals surface area contributed by atoms with Gasteiger partial charge in [0.05, 0.1) is 12.3 Å². The van der Waals surface area contributed by atoms with Crippen molar-refractivity contribution >= 4 is 34.9 Å². The van der Waals surface area contributed by atoms with Gasteiger partial charge in [-0.3, -0.25) is 0 Å². The van der Waals surface area contributed by atoms with E-state index < -0.39 is 0 Å². The Labute approximate surface area is 144 Å². The second kappa shape index (κ2) is 6.60. The number of benzene rings is 2. The molecule has 0 saturated carbocycles. The Hall–Kier alpha value is -2.04. The van der Waals surface area contributed by atoms with Crippen LogP contribution in [-0.2, 0) is 0 Å². The van der Waals surface area contributed by atoms with Crippen molar-refractivity contribution in [3.05, 3.63) is 69.7 Å². The number of halogens is 2. The van der Waals surface area contributed by atoms with Crippen molar-refractivity contribution in [3.63, 3.8) is 0 Å². The lowest BCUT2D eigenvalue weighted by Gasteiger charge is -2.15. The summed E-state index contributed by atoms with van der Waals surface area (Å²) in [6.07, 6.45) is 0. The molecule has 2 amide bonds. The molecule has 118 valence electrons. The number of hydrogen-bond donors (Lipinski definition) is 1. The van der Waals surface area contributed by atoms with Crippen molar-refractivity contribution in [3.8, 4) is 0 Å². The van der Waals surface area contributed by atoms with Gasteiger partial charge < -0.3 is 5.32 Å². The Morgan fingerprint density at radius 1 is 1.09 bits per heavy atom. The van der Waals surface area contributed by atoms with E-state index in [1.807, 2.05) is 48.5 Å². The molecule has 0 aromatic heterocycles. The Morgan fingerprint density at radius 3 is 2.22 bits per heavy atom. The molecule has 0 spiro atoms. The van der Waals surface area contributed by atoms with Crippen molar-refractivity contribution in [2.75, 3.05) is 13.6 Å². The molecule has 1 atom stereocenters. The molecule has 3 rings (SSSR count). The lowest BCUT2D eigenvalue weighted by molar-refractivity contribution is 0.206. The molecule has 1 aliphatic heterocycles. The van der Waals surface area contributed by atoms with E-state index in [1.165, 1.54) is 5.01 Å². The molecule has 1 N–H and O–H groups in total. The maximum Gasteiger partial charge on any atom is 0.337 e. The summed E-state index contributed by atoms with van der Waals surface area (Å²) < 4.78 is 0. The number of hydrazone groups is 1. The van der Waals surface area contributed by atoms with Crippen molar-refractivity contribution in [2.45, 2.75) is 5.92 Å². The van der Waals surface area contributed by atoms with Crippen LogP contribution in [0.25, 0.3) is 0 Å². The van der Waals surface area contributed by atoms with E-state index in [0.29, 0.717) is 16.6 Å². The van der Waals surface area contributed by atoms with E-state index in [1.54, 1.807) is 7.05 Å². The van der Waals surface area contributed by atoms with Gasteiger partial charge in [-0.05, 0) is 35.4 Å². The largest absolute Gasteiger partial charge is 0.340 e. The van der Waals surface area contributed by atoms with Gasteiger partial charge in [0.15, 0.2) is 0 Å². The minimum Gasteiger partial charge on any atom is -0.340 e. The number of hydrogen-bond acceptors (Lipinski definition) is 2. The Bertz CT molecular complexity index is 741. The van der Waals surface area contributed by atoms with E-state index in [2.05, 4.69) is 10.4 Å². The summed E-state index contributed by atoms with van der Waals surface area (Å²) in [6.45, 7) is 0.485. The molecule has 0 radical (unpaired) electrons. The molecule has 2 aromatic rings. The van der Waals surface area contributed by atoms with Gasteiger partial charge in [-0.15, -0.1) is 0 Å². The quantitative estimate of drug-likeness (QED) is 0.871. The van der Waals surface area contributed by atoms with Gasteiger partial charge in [-0.1, -0.05) is 47.5 Å². The molecule has 6 heteroatoms. The third-order valence-electron chi connectivity index (χ3n) is 3.77. The minimum absolute atomic E-state index is 0.00857. The number of urea groups is 1. The van der Waals surface area contributed by atoms with E-state index in [4.69, 9.17) is 23.2 Å². The summed E-state index contributed by atoms with van der Waals surface area (Å²) in [5.74, 6) is -0.00857. The average Bonchev–Trinajstić information content (AvgIpc) is 3.01. The summed E-state index contributed by atoms with van der Waals surface area (Å²) in [6, 6.07) is 14.9.